The number of hydrogen-bond acceptors (Lipinski definition) is 4. The summed E-state index contributed by atoms with van der Waals surface area (Å²) in [4.78, 5) is 9.90. The molecule has 0 amide bonds. The Bertz CT molecular complexity index is 527. The Balaban J connectivity index is 0.00000420. The number of hydrogen-bond donors (Lipinski definition) is 2. The Labute approximate surface area is 194 Å². The summed E-state index contributed by atoms with van der Waals surface area (Å²) in [6.07, 6.45) is 8.03. The van der Waals surface area contributed by atoms with Gasteiger partial charge in [-0.25, -0.2) is 0 Å². The van der Waals surface area contributed by atoms with Crippen LogP contribution in [0, 0.1) is 0 Å². The van der Waals surface area contributed by atoms with Crippen LogP contribution < -0.4 is 10.6 Å². The molecule has 2 rings (SSSR count). The first-order chi connectivity index (χ1) is 13.8. The van der Waals surface area contributed by atoms with E-state index in [0.29, 0.717) is 0 Å². The number of halogens is 1. The maximum atomic E-state index is 5.74. The number of guanidine groups is 1. The van der Waals surface area contributed by atoms with Gasteiger partial charge in [-0.3, -0.25) is 9.89 Å². The van der Waals surface area contributed by atoms with Crippen LogP contribution in [0.2, 0.25) is 0 Å². The van der Waals surface area contributed by atoms with Crippen molar-refractivity contribution in [3.05, 3.63) is 24.2 Å². The van der Waals surface area contributed by atoms with E-state index in [1.807, 2.05) is 6.07 Å². The second kappa shape index (κ2) is 16.0. The van der Waals surface area contributed by atoms with Crippen LogP contribution >= 0.6 is 24.0 Å². The smallest absolute Gasteiger partial charge is 0.191 e. The molecular formula is C22H42IN5O. The van der Waals surface area contributed by atoms with Crippen molar-refractivity contribution < 1.29 is 4.42 Å². The molecular weight excluding hydrogens is 477 g/mol. The van der Waals surface area contributed by atoms with Crippen molar-refractivity contribution in [3.63, 3.8) is 0 Å². The molecule has 1 aromatic heterocycles. The molecule has 2 N–H and O–H groups in total. The van der Waals surface area contributed by atoms with Crippen LogP contribution in [-0.2, 0) is 0 Å². The van der Waals surface area contributed by atoms with Crippen LogP contribution in [0.15, 0.2) is 27.8 Å². The molecule has 2 heterocycles. The van der Waals surface area contributed by atoms with Gasteiger partial charge < -0.3 is 20.0 Å². The number of rotatable bonds is 12. The lowest BCUT2D eigenvalue weighted by atomic mass is 10.1. The number of nitrogens with one attached hydrogen (secondary N) is 2. The zero-order chi connectivity index (χ0) is 20.0. The van der Waals surface area contributed by atoms with Gasteiger partial charge in [0.05, 0.1) is 18.8 Å². The van der Waals surface area contributed by atoms with Gasteiger partial charge in [0.2, 0.25) is 0 Å². The molecule has 0 bridgehead atoms. The third-order valence-corrected chi connectivity index (χ3v) is 5.56. The lowest BCUT2D eigenvalue weighted by Gasteiger charge is -2.32. The first-order valence-electron chi connectivity index (χ1n) is 11.3. The largest absolute Gasteiger partial charge is 0.468 e. The van der Waals surface area contributed by atoms with Crippen molar-refractivity contribution in [1.82, 2.24) is 20.4 Å². The second-order valence-corrected chi connectivity index (χ2v) is 7.51. The molecule has 7 heteroatoms. The second-order valence-electron chi connectivity index (χ2n) is 7.51. The molecule has 1 unspecified atom stereocenters. The molecule has 1 aromatic rings. The number of nitrogens with zero attached hydrogens (tertiary/aromatic N) is 3. The van der Waals surface area contributed by atoms with Gasteiger partial charge in [0.15, 0.2) is 5.96 Å². The maximum absolute atomic E-state index is 5.74. The summed E-state index contributed by atoms with van der Waals surface area (Å²) >= 11 is 0. The molecule has 168 valence electrons. The minimum absolute atomic E-state index is 0. The molecule has 0 aromatic carbocycles. The number of piperidine rings is 1. The van der Waals surface area contributed by atoms with E-state index in [0.717, 1.165) is 64.0 Å². The van der Waals surface area contributed by atoms with Crippen molar-refractivity contribution in [2.75, 3.05) is 52.4 Å². The standard InChI is InChI=1S/C22H41N5O.HI/c1-4-23-22(24-14-8-11-15-26(5-2)6-3)25-19-20(21-13-12-18-28-21)27-16-9-7-10-17-27;/h12-13,18,20H,4-11,14-17,19H2,1-3H3,(H2,23,24,25);1H. The van der Waals surface area contributed by atoms with Gasteiger partial charge in [-0.1, -0.05) is 20.3 Å². The predicted molar refractivity (Wildman–Crippen MR) is 133 cm³/mol. The van der Waals surface area contributed by atoms with E-state index in [4.69, 9.17) is 9.41 Å². The fourth-order valence-corrected chi connectivity index (χ4v) is 3.82. The number of likely N-dealkylation sites (tertiary alicyclic amines) is 1. The van der Waals surface area contributed by atoms with Crippen LogP contribution in [0.1, 0.15) is 64.7 Å². The summed E-state index contributed by atoms with van der Waals surface area (Å²) in [6, 6.07) is 4.30. The van der Waals surface area contributed by atoms with E-state index in [9.17, 15) is 0 Å². The number of aliphatic imine (C=N–C) groups is 1. The predicted octanol–water partition coefficient (Wildman–Crippen LogP) is 4.10. The lowest BCUT2D eigenvalue weighted by Crippen LogP contribution is -2.40. The van der Waals surface area contributed by atoms with Gasteiger partial charge in [-0.15, -0.1) is 24.0 Å². The van der Waals surface area contributed by atoms with E-state index < -0.39 is 0 Å². The zero-order valence-corrected chi connectivity index (χ0v) is 21.0. The van der Waals surface area contributed by atoms with E-state index in [1.165, 1.54) is 32.2 Å². The molecule has 1 aliphatic heterocycles. The summed E-state index contributed by atoms with van der Waals surface area (Å²) in [7, 11) is 0. The summed E-state index contributed by atoms with van der Waals surface area (Å²) in [5.74, 6) is 1.94. The lowest BCUT2D eigenvalue weighted by molar-refractivity contribution is 0.150. The normalized spacial score (nSPS) is 16.5. The molecule has 0 aliphatic carbocycles. The average Bonchev–Trinajstić information content (AvgIpc) is 3.26. The summed E-state index contributed by atoms with van der Waals surface area (Å²) in [6.45, 7) is 14.9. The first-order valence-corrected chi connectivity index (χ1v) is 11.3. The molecule has 1 fully saturated rings. The molecule has 1 saturated heterocycles. The topological polar surface area (TPSA) is 56.0 Å². The fourth-order valence-electron chi connectivity index (χ4n) is 3.82. The van der Waals surface area contributed by atoms with E-state index in [2.05, 4.69) is 47.3 Å². The van der Waals surface area contributed by atoms with Gasteiger partial charge >= 0.3 is 0 Å². The highest BCUT2D eigenvalue weighted by Gasteiger charge is 2.24. The molecule has 6 nitrogen and oxygen atoms in total. The molecule has 0 saturated carbocycles. The first kappa shape index (κ1) is 26.2. The third-order valence-electron chi connectivity index (χ3n) is 5.56. The minimum atomic E-state index is 0. The summed E-state index contributed by atoms with van der Waals surface area (Å²) in [5.41, 5.74) is 0. The highest BCUT2D eigenvalue weighted by atomic mass is 127. The quantitative estimate of drug-likeness (QED) is 0.189. The molecule has 0 radical (unpaired) electrons. The Morgan fingerprint density at radius 3 is 2.52 bits per heavy atom. The Morgan fingerprint density at radius 1 is 1.14 bits per heavy atom. The van der Waals surface area contributed by atoms with Crippen molar-refractivity contribution >= 4 is 29.9 Å². The summed E-state index contributed by atoms with van der Waals surface area (Å²) < 4.78 is 5.74. The van der Waals surface area contributed by atoms with Crippen LogP contribution in [0.5, 0.6) is 0 Å². The zero-order valence-electron chi connectivity index (χ0n) is 18.7. The fraction of sp³-hybridized carbons (Fsp3) is 0.773. The van der Waals surface area contributed by atoms with E-state index >= 15 is 0 Å². The summed E-state index contributed by atoms with van der Waals surface area (Å²) in [5, 5.41) is 6.89. The Kier molecular flexibility index (Phi) is 14.4. The maximum Gasteiger partial charge on any atom is 0.191 e. The minimum Gasteiger partial charge on any atom is -0.468 e. The SMILES string of the molecule is CCNC(=NCC(c1ccco1)N1CCCCC1)NCCCCN(CC)CC.I. The van der Waals surface area contributed by atoms with Crippen LogP contribution in [0.3, 0.4) is 0 Å². The van der Waals surface area contributed by atoms with Crippen molar-refractivity contribution in [1.29, 1.82) is 0 Å². The van der Waals surface area contributed by atoms with Gasteiger partial charge in [-0.2, -0.15) is 0 Å². The van der Waals surface area contributed by atoms with E-state index in [1.54, 1.807) is 6.26 Å². The Hall–Kier alpha value is -0.800. The van der Waals surface area contributed by atoms with Gasteiger partial charge in [0, 0.05) is 13.1 Å². The van der Waals surface area contributed by atoms with Crippen LogP contribution in [-0.4, -0.2) is 68.1 Å². The molecule has 29 heavy (non-hydrogen) atoms. The van der Waals surface area contributed by atoms with Gasteiger partial charge in [0.1, 0.15) is 5.76 Å². The molecule has 0 spiro atoms. The van der Waals surface area contributed by atoms with Crippen molar-refractivity contribution in [2.24, 2.45) is 4.99 Å². The molecule has 1 aliphatic rings. The third kappa shape index (κ3) is 9.70. The monoisotopic (exact) mass is 519 g/mol. The van der Waals surface area contributed by atoms with Crippen LogP contribution in [0.25, 0.3) is 0 Å². The highest BCUT2D eigenvalue weighted by molar-refractivity contribution is 14.0. The average molecular weight is 520 g/mol. The molecule has 1 atom stereocenters. The number of furan rings is 1. The number of unbranched alkanes of at least 4 members (excludes halogenated alkanes) is 1. The van der Waals surface area contributed by atoms with Gasteiger partial charge in [0.25, 0.3) is 0 Å². The highest BCUT2D eigenvalue weighted by Crippen LogP contribution is 2.25. The van der Waals surface area contributed by atoms with Crippen molar-refractivity contribution in [3.8, 4) is 0 Å². The van der Waals surface area contributed by atoms with E-state index in [-0.39, 0.29) is 30.0 Å². The van der Waals surface area contributed by atoms with Crippen molar-refractivity contribution in [2.45, 2.75) is 58.9 Å². The Morgan fingerprint density at radius 2 is 1.90 bits per heavy atom. The van der Waals surface area contributed by atoms with Crippen LogP contribution in [0.4, 0.5) is 0 Å². The van der Waals surface area contributed by atoms with Gasteiger partial charge in [-0.05, 0) is 77.5 Å².